The number of nitrogens with one attached hydrogen (secondary N) is 1. The van der Waals surface area contributed by atoms with E-state index in [0.717, 1.165) is 16.8 Å². The summed E-state index contributed by atoms with van der Waals surface area (Å²) in [4.78, 5) is 9.58. The lowest BCUT2D eigenvalue weighted by Gasteiger charge is -2.04. The molecule has 0 bridgehead atoms. The van der Waals surface area contributed by atoms with E-state index in [2.05, 4.69) is 53.2 Å². The highest BCUT2D eigenvalue weighted by molar-refractivity contribution is 9.11. The first kappa shape index (κ1) is 12.8. The van der Waals surface area contributed by atoms with Crippen LogP contribution in [0.2, 0.25) is 0 Å². The average molecular weight is 378 g/mol. The number of aromatic nitrogens is 2. The molecule has 4 nitrogen and oxygen atoms in total. The number of rotatable bonds is 4. The second-order valence-corrected chi connectivity index (χ2v) is 6.68. The average Bonchev–Trinajstić information content (AvgIpc) is 2.63. The van der Waals surface area contributed by atoms with Gasteiger partial charge in [-0.25, -0.2) is 4.98 Å². The van der Waals surface area contributed by atoms with Gasteiger partial charge in [-0.3, -0.25) is 0 Å². The minimum absolute atomic E-state index is 0.452. The zero-order chi connectivity index (χ0) is 12.3. The van der Waals surface area contributed by atoms with Gasteiger partial charge < -0.3 is 11.1 Å². The zero-order valence-electron chi connectivity index (χ0n) is 8.78. The maximum atomic E-state index is 5.62. The Morgan fingerprint density at radius 2 is 2.12 bits per heavy atom. The molecule has 0 aromatic carbocycles. The van der Waals surface area contributed by atoms with Crippen LogP contribution in [0.4, 0.5) is 11.8 Å². The third kappa shape index (κ3) is 3.93. The number of thiophene rings is 1. The molecule has 0 fully saturated rings. The van der Waals surface area contributed by atoms with Crippen LogP contribution in [0, 0.1) is 0 Å². The second-order valence-electron chi connectivity index (χ2n) is 3.32. The standard InChI is InChI=1S/C10H10Br2N4S/c11-7-5-9(13)16-10(15-7)14-4-3-6-1-2-8(12)17-6/h1-2,5H,3-4H2,(H3,13,14,15,16). The summed E-state index contributed by atoms with van der Waals surface area (Å²) in [5.41, 5.74) is 5.62. The molecule has 17 heavy (non-hydrogen) atoms. The fraction of sp³-hybridized carbons (Fsp3) is 0.200. The van der Waals surface area contributed by atoms with Crippen LogP contribution < -0.4 is 11.1 Å². The summed E-state index contributed by atoms with van der Waals surface area (Å²) < 4.78 is 1.84. The summed E-state index contributed by atoms with van der Waals surface area (Å²) in [5.74, 6) is 1.00. The Morgan fingerprint density at radius 1 is 1.29 bits per heavy atom. The molecule has 0 amide bonds. The first-order valence-corrected chi connectivity index (χ1v) is 7.32. The number of halogens is 2. The Balaban J connectivity index is 1.89. The van der Waals surface area contributed by atoms with Crippen molar-refractivity contribution in [2.24, 2.45) is 0 Å². The Labute approximate surface area is 120 Å². The minimum atomic E-state index is 0.452. The first-order valence-electron chi connectivity index (χ1n) is 4.91. The fourth-order valence-corrected chi connectivity index (χ4v) is 3.18. The Hall–Kier alpha value is -0.660. The molecular formula is C10H10Br2N4S. The van der Waals surface area contributed by atoms with Gasteiger partial charge in [-0.15, -0.1) is 11.3 Å². The number of nitrogen functional groups attached to an aromatic ring is 1. The van der Waals surface area contributed by atoms with Crippen LogP contribution in [0.15, 0.2) is 26.6 Å². The Morgan fingerprint density at radius 3 is 2.76 bits per heavy atom. The smallest absolute Gasteiger partial charge is 0.225 e. The summed E-state index contributed by atoms with van der Waals surface area (Å²) >= 11 is 8.45. The molecule has 0 aliphatic heterocycles. The number of anilines is 2. The van der Waals surface area contributed by atoms with E-state index in [1.807, 2.05) is 6.07 Å². The lowest BCUT2D eigenvalue weighted by Crippen LogP contribution is -2.08. The molecule has 0 saturated carbocycles. The molecule has 2 rings (SSSR count). The third-order valence-corrected chi connectivity index (χ3v) is 4.09. The highest BCUT2D eigenvalue weighted by atomic mass is 79.9. The van der Waals surface area contributed by atoms with Crippen molar-refractivity contribution < 1.29 is 0 Å². The lowest BCUT2D eigenvalue weighted by molar-refractivity contribution is 0.997. The van der Waals surface area contributed by atoms with Crippen molar-refractivity contribution in [1.29, 1.82) is 0 Å². The van der Waals surface area contributed by atoms with Gasteiger partial charge in [-0.05, 0) is 50.4 Å². The number of hydrogen-bond donors (Lipinski definition) is 2. The normalized spacial score (nSPS) is 10.5. The van der Waals surface area contributed by atoms with E-state index in [4.69, 9.17) is 5.73 Å². The monoisotopic (exact) mass is 376 g/mol. The fourth-order valence-electron chi connectivity index (χ4n) is 1.30. The molecule has 2 aromatic heterocycles. The van der Waals surface area contributed by atoms with E-state index < -0.39 is 0 Å². The highest BCUT2D eigenvalue weighted by Gasteiger charge is 2.01. The maximum absolute atomic E-state index is 5.62. The summed E-state index contributed by atoms with van der Waals surface area (Å²) in [6, 6.07) is 5.82. The molecule has 0 atom stereocenters. The second kappa shape index (κ2) is 5.79. The van der Waals surface area contributed by atoms with Gasteiger partial charge in [-0.1, -0.05) is 0 Å². The topological polar surface area (TPSA) is 63.8 Å². The molecule has 0 saturated heterocycles. The van der Waals surface area contributed by atoms with Crippen LogP contribution in [-0.2, 0) is 6.42 Å². The molecule has 2 aromatic rings. The van der Waals surface area contributed by atoms with Gasteiger partial charge in [0.25, 0.3) is 0 Å². The number of nitrogens with two attached hydrogens (primary N) is 1. The van der Waals surface area contributed by atoms with Crippen LogP contribution in [-0.4, -0.2) is 16.5 Å². The minimum Gasteiger partial charge on any atom is -0.383 e. The van der Waals surface area contributed by atoms with E-state index in [1.54, 1.807) is 17.4 Å². The van der Waals surface area contributed by atoms with Gasteiger partial charge >= 0.3 is 0 Å². The van der Waals surface area contributed by atoms with Crippen molar-refractivity contribution in [1.82, 2.24) is 9.97 Å². The van der Waals surface area contributed by atoms with Crippen LogP contribution in [0.1, 0.15) is 4.88 Å². The van der Waals surface area contributed by atoms with E-state index in [9.17, 15) is 0 Å². The molecular weight excluding hydrogens is 368 g/mol. The molecule has 0 aliphatic carbocycles. The summed E-state index contributed by atoms with van der Waals surface area (Å²) in [5, 5.41) is 3.14. The summed E-state index contributed by atoms with van der Waals surface area (Å²) in [6.07, 6.45) is 0.937. The molecule has 0 unspecified atom stereocenters. The van der Waals surface area contributed by atoms with Crippen molar-refractivity contribution in [3.05, 3.63) is 31.5 Å². The molecule has 0 radical (unpaired) electrons. The van der Waals surface area contributed by atoms with Crippen LogP contribution in [0.5, 0.6) is 0 Å². The Kier molecular flexibility index (Phi) is 4.36. The predicted molar refractivity (Wildman–Crippen MR) is 78.4 cm³/mol. The Bertz CT molecular complexity index is 495. The maximum Gasteiger partial charge on any atom is 0.225 e. The molecule has 0 aliphatic rings. The quantitative estimate of drug-likeness (QED) is 0.802. The van der Waals surface area contributed by atoms with Crippen LogP contribution >= 0.6 is 43.2 Å². The number of hydrogen-bond acceptors (Lipinski definition) is 5. The van der Waals surface area contributed by atoms with Gasteiger partial charge in [0, 0.05) is 17.5 Å². The number of nitrogens with zero attached hydrogens (tertiary/aromatic N) is 2. The van der Waals surface area contributed by atoms with Crippen LogP contribution in [0.25, 0.3) is 0 Å². The van der Waals surface area contributed by atoms with Gasteiger partial charge in [0.1, 0.15) is 10.4 Å². The molecule has 3 N–H and O–H groups in total. The summed E-state index contributed by atoms with van der Waals surface area (Å²) in [7, 11) is 0. The van der Waals surface area contributed by atoms with Crippen molar-refractivity contribution in [2.45, 2.75) is 6.42 Å². The summed E-state index contributed by atoms with van der Waals surface area (Å²) in [6.45, 7) is 0.781. The van der Waals surface area contributed by atoms with Gasteiger partial charge in [-0.2, -0.15) is 4.98 Å². The van der Waals surface area contributed by atoms with E-state index in [0.29, 0.717) is 16.4 Å². The van der Waals surface area contributed by atoms with E-state index >= 15 is 0 Å². The predicted octanol–water partition coefficient (Wildman–Crippen LogP) is 3.30. The van der Waals surface area contributed by atoms with E-state index in [1.165, 1.54) is 4.88 Å². The van der Waals surface area contributed by atoms with Gasteiger partial charge in [0.2, 0.25) is 5.95 Å². The largest absolute Gasteiger partial charge is 0.383 e. The zero-order valence-corrected chi connectivity index (χ0v) is 12.8. The van der Waals surface area contributed by atoms with Crippen molar-refractivity contribution in [3.63, 3.8) is 0 Å². The molecule has 7 heteroatoms. The van der Waals surface area contributed by atoms with Gasteiger partial charge in [0.15, 0.2) is 0 Å². The van der Waals surface area contributed by atoms with Crippen molar-refractivity contribution in [3.8, 4) is 0 Å². The molecule has 90 valence electrons. The molecule has 2 heterocycles. The van der Waals surface area contributed by atoms with Crippen molar-refractivity contribution in [2.75, 3.05) is 17.6 Å². The third-order valence-electron chi connectivity index (χ3n) is 2.00. The van der Waals surface area contributed by atoms with E-state index in [-0.39, 0.29) is 0 Å². The van der Waals surface area contributed by atoms with Gasteiger partial charge in [0.05, 0.1) is 3.79 Å². The van der Waals surface area contributed by atoms with Crippen LogP contribution in [0.3, 0.4) is 0 Å². The highest BCUT2D eigenvalue weighted by Crippen LogP contribution is 2.22. The SMILES string of the molecule is Nc1cc(Br)nc(NCCc2ccc(Br)s2)n1. The first-order chi connectivity index (χ1) is 8.13. The van der Waals surface area contributed by atoms with Crippen molar-refractivity contribution >= 4 is 55.0 Å². The lowest BCUT2D eigenvalue weighted by atomic mass is 10.3. The molecule has 0 spiro atoms.